The van der Waals surface area contributed by atoms with Gasteiger partial charge in [0.2, 0.25) is 5.91 Å². The van der Waals surface area contributed by atoms with Gasteiger partial charge in [-0.3, -0.25) is 4.79 Å². The number of hydrogen-bond donors (Lipinski definition) is 1. The lowest BCUT2D eigenvalue weighted by Gasteiger charge is -1.92. The quantitative estimate of drug-likeness (QED) is 0.600. The summed E-state index contributed by atoms with van der Waals surface area (Å²) in [6.45, 7) is 2.59. The van der Waals surface area contributed by atoms with Gasteiger partial charge in [0.05, 0.1) is 0 Å². The van der Waals surface area contributed by atoms with Gasteiger partial charge in [0.1, 0.15) is 0 Å². The second-order valence-corrected chi connectivity index (χ2v) is 2.18. The summed E-state index contributed by atoms with van der Waals surface area (Å²) in [6.07, 6.45) is 3.43. The van der Waals surface area contributed by atoms with Crippen LogP contribution in [-0.2, 0) is 4.79 Å². The van der Waals surface area contributed by atoms with E-state index in [1.54, 1.807) is 5.41 Å². The van der Waals surface area contributed by atoms with E-state index in [0.717, 1.165) is 0 Å². The molecule has 0 heterocycles. The number of rotatable bonds is 3. The average molecular weight is 145 g/mol. The van der Waals surface area contributed by atoms with Crippen LogP contribution in [0.15, 0.2) is 11.5 Å². The Bertz CT molecular complexity index is 112. The molecule has 0 saturated heterocycles. The Labute approximate surface area is 59.7 Å². The molecular formula is C6H11NOS. The van der Waals surface area contributed by atoms with E-state index in [4.69, 9.17) is 0 Å². The molecule has 0 aromatic rings. The predicted molar refractivity (Wildman–Crippen MR) is 41.3 cm³/mol. The fourth-order valence-electron chi connectivity index (χ4n) is 0.363. The molecule has 1 amide bonds. The highest BCUT2D eigenvalue weighted by molar-refractivity contribution is 8.01. The van der Waals surface area contributed by atoms with Crippen molar-refractivity contribution in [1.29, 1.82) is 0 Å². The molecule has 0 bridgehead atoms. The van der Waals surface area contributed by atoms with Crippen molar-refractivity contribution < 1.29 is 4.79 Å². The number of amides is 1. The lowest BCUT2D eigenvalue weighted by atomic mass is 10.6. The Morgan fingerprint density at radius 1 is 1.78 bits per heavy atom. The fourth-order valence-corrected chi connectivity index (χ4v) is 0.623. The second-order valence-electron chi connectivity index (χ2n) is 1.43. The van der Waals surface area contributed by atoms with Gasteiger partial charge in [-0.25, -0.2) is 0 Å². The molecule has 0 aliphatic heterocycles. The number of carbonyl (C=O) groups excluding carboxylic acids is 1. The van der Waals surface area contributed by atoms with E-state index in [9.17, 15) is 4.79 Å². The van der Waals surface area contributed by atoms with Crippen LogP contribution < -0.4 is 5.32 Å². The summed E-state index contributed by atoms with van der Waals surface area (Å²) in [5, 5.41) is 4.40. The van der Waals surface area contributed by atoms with Gasteiger partial charge >= 0.3 is 0 Å². The molecule has 0 aromatic heterocycles. The van der Waals surface area contributed by atoms with Crippen molar-refractivity contribution in [2.24, 2.45) is 0 Å². The fraction of sp³-hybridized carbons (Fsp3) is 0.500. The molecule has 0 aliphatic carbocycles. The van der Waals surface area contributed by atoms with Gasteiger partial charge in [0.25, 0.3) is 0 Å². The van der Waals surface area contributed by atoms with Gasteiger partial charge in [0, 0.05) is 12.6 Å². The van der Waals surface area contributed by atoms with E-state index in [-0.39, 0.29) is 5.91 Å². The molecule has 1 N–H and O–H groups in total. The van der Waals surface area contributed by atoms with Crippen LogP contribution in [0.3, 0.4) is 0 Å². The summed E-state index contributed by atoms with van der Waals surface area (Å²) in [4.78, 5) is 10.6. The molecule has 0 spiro atoms. The van der Waals surface area contributed by atoms with E-state index in [0.29, 0.717) is 6.54 Å². The smallest absolute Gasteiger partial charge is 0.244 e. The maximum atomic E-state index is 10.6. The van der Waals surface area contributed by atoms with Crippen LogP contribution >= 0.6 is 11.8 Å². The zero-order valence-electron chi connectivity index (χ0n) is 5.68. The van der Waals surface area contributed by atoms with Crippen LogP contribution in [0.4, 0.5) is 0 Å². The zero-order chi connectivity index (χ0) is 7.11. The standard InChI is InChI=1S/C6H11NOS/c1-3-7-6(8)4-5-9-2/h4-5H,3H2,1-2H3,(H,7,8). The zero-order valence-corrected chi connectivity index (χ0v) is 6.49. The molecule has 0 saturated carbocycles. The van der Waals surface area contributed by atoms with Crippen molar-refractivity contribution in [1.82, 2.24) is 5.32 Å². The van der Waals surface area contributed by atoms with Crippen molar-refractivity contribution in [2.75, 3.05) is 12.8 Å². The SMILES string of the molecule is CCNC(=O)C=CSC. The van der Waals surface area contributed by atoms with E-state index < -0.39 is 0 Å². The highest BCUT2D eigenvalue weighted by Gasteiger charge is 1.87. The summed E-state index contributed by atoms with van der Waals surface area (Å²) in [5.41, 5.74) is 0. The summed E-state index contributed by atoms with van der Waals surface area (Å²) in [5.74, 6) is -0.0214. The van der Waals surface area contributed by atoms with E-state index in [1.807, 2.05) is 13.2 Å². The van der Waals surface area contributed by atoms with Gasteiger partial charge in [-0.2, -0.15) is 0 Å². The van der Waals surface area contributed by atoms with Crippen LogP contribution in [0.1, 0.15) is 6.92 Å². The Balaban J connectivity index is 3.37. The second kappa shape index (κ2) is 5.69. The molecular weight excluding hydrogens is 134 g/mol. The maximum absolute atomic E-state index is 10.6. The molecule has 2 nitrogen and oxygen atoms in total. The Hall–Kier alpha value is -0.440. The summed E-state index contributed by atoms with van der Waals surface area (Å²) in [6, 6.07) is 0. The van der Waals surface area contributed by atoms with Crippen LogP contribution in [0.2, 0.25) is 0 Å². The van der Waals surface area contributed by atoms with Crippen molar-refractivity contribution in [3.8, 4) is 0 Å². The van der Waals surface area contributed by atoms with Gasteiger partial charge in [-0.05, 0) is 18.6 Å². The minimum Gasteiger partial charge on any atom is -0.353 e. The largest absolute Gasteiger partial charge is 0.353 e. The summed E-state index contributed by atoms with van der Waals surface area (Å²) >= 11 is 1.51. The molecule has 0 atom stereocenters. The third kappa shape index (κ3) is 5.43. The Morgan fingerprint density at radius 3 is 2.89 bits per heavy atom. The maximum Gasteiger partial charge on any atom is 0.244 e. The molecule has 52 valence electrons. The highest BCUT2D eigenvalue weighted by Crippen LogP contribution is 1.91. The molecule has 9 heavy (non-hydrogen) atoms. The van der Waals surface area contributed by atoms with E-state index in [2.05, 4.69) is 5.32 Å². The molecule has 0 radical (unpaired) electrons. The minimum atomic E-state index is -0.0214. The Morgan fingerprint density at radius 2 is 2.44 bits per heavy atom. The van der Waals surface area contributed by atoms with Crippen LogP contribution in [0.5, 0.6) is 0 Å². The molecule has 0 rings (SSSR count). The van der Waals surface area contributed by atoms with E-state index >= 15 is 0 Å². The molecule has 0 aliphatic rings. The topological polar surface area (TPSA) is 29.1 Å². The van der Waals surface area contributed by atoms with Crippen LogP contribution in [0.25, 0.3) is 0 Å². The third-order valence-corrected chi connectivity index (χ3v) is 1.11. The van der Waals surface area contributed by atoms with E-state index in [1.165, 1.54) is 17.8 Å². The van der Waals surface area contributed by atoms with Crippen LogP contribution in [-0.4, -0.2) is 18.7 Å². The minimum absolute atomic E-state index is 0.0214. The molecule has 3 heteroatoms. The first-order valence-electron chi connectivity index (χ1n) is 2.78. The van der Waals surface area contributed by atoms with Gasteiger partial charge in [0.15, 0.2) is 0 Å². The number of hydrogen-bond acceptors (Lipinski definition) is 2. The first-order valence-corrected chi connectivity index (χ1v) is 4.07. The third-order valence-electron chi connectivity index (χ3n) is 0.707. The predicted octanol–water partition coefficient (Wildman–Crippen LogP) is 0.999. The first-order chi connectivity index (χ1) is 4.31. The highest BCUT2D eigenvalue weighted by atomic mass is 32.2. The lowest BCUT2D eigenvalue weighted by Crippen LogP contribution is -2.19. The summed E-state index contributed by atoms with van der Waals surface area (Å²) < 4.78 is 0. The molecule has 0 fully saturated rings. The number of likely N-dealkylation sites (N-methyl/N-ethyl adjacent to an activating group) is 1. The van der Waals surface area contributed by atoms with Crippen molar-refractivity contribution in [3.63, 3.8) is 0 Å². The van der Waals surface area contributed by atoms with Gasteiger partial charge < -0.3 is 5.32 Å². The lowest BCUT2D eigenvalue weighted by molar-refractivity contribution is -0.116. The van der Waals surface area contributed by atoms with Crippen LogP contribution in [0, 0.1) is 0 Å². The molecule has 0 unspecified atom stereocenters. The van der Waals surface area contributed by atoms with Gasteiger partial charge in [-0.1, -0.05) is 0 Å². The number of nitrogens with one attached hydrogen (secondary N) is 1. The average Bonchev–Trinajstić information content (AvgIpc) is 1.85. The van der Waals surface area contributed by atoms with Gasteiger partial charge in [-0.15, -0.1) is 11.8 Å². The monoisotopic (exact) mass is 145 g/mol. The van der Waals surface area contributed by atoms with Crippen molar-refractivity contribution in [3.05, 3.63) is 11.5 Å². The molecule has 0 aromatic carbocycles. The number of carbonyl (C=O) groups is 1. The van der Waals surface area contributed by atoms with Crippen molar-refractivity contribution >= 4 is 17.7 Å². The summed E-state index contributed by atoms with van der Waals surface area (Å²) in [7, 11) is 0. The van der Waals surface area contributed by atoms with Crippen molar-refractivity contribution in [2.45, 2.75) is 6.92 Å². The Kier molecular flexibility index (Phi) is 5.41. The first kappa shape index (κ1) is 8.56. The number of thioether (sulfide) groups is 1. The normalized spacial score (nSPS) is 10.0.